The number of allylic oxidation sites excluding steroid dienone is 1. The van der Waals surface area contributed by atoms with E-state index in [1.165, 1.54) is 5.56 Å². The maximum absolute atomic E-state index is 5.74. The molecule has 3 aromatic rings. The van der Waals surface area contributed by atoms with E-state index in [4.69, 9.17) is 21.7 Å². The maximum atomic E-state index is 5.74. The molecule has 30 heavy (non-hydrogen) atoms. The topological polar surface area (TPSA) is 54.2 Å². The largest absolute Gasteiger partial charge is 0.351 e. The molecule has 1 aromatic heterocycles. The van der Waals surface area contributed by atoms with Crippen LogP contribution in [0.4, 0.5) is 0 Å². The number of nitrogens with zero attached hydrogens (tertiary/aromatic N) is 3. The second-order valence-corrected chi connectivity index (χ2v) is 7.55. The lowest BCUT2D eigenvalue weighted by Crippen LogP contribution is -2.45. The lowest BCUT2D eigenvalue weighted by molar-refractivity contribution is 0.399. The van der Waals surface area contributed by atoms with E-state index >= 15 is 0 Å². The van der Waals surface area contributed by atoms with E-state index < -0.39 is 0 Å². The van der Waals surface area contributed by atoms with Gasteiger partial charge in [0.05, 0.1) is 11.6 Å². The van der Waals surface area contributed by atoms with Crippen molar-refractivity contribution < 1.29 is 4.52 Å². The van der Waals surface area contributed by atoms with Gasteiger partial charge in [-0.2, -0.15) is 4.98 Å². The summed E-state index contributed by atoms with van der Waals surface area (Å²) in [5.74, 6) is 1.06. The minimum Gasteiger partial charge on any atom is -0.351 e. The maximum Gasteiger partial charge on any atom is 0.258 e. The summed E-state index contributed by atoms with van der Waals surface area (Å²) in [6.07, 6.45) is 2.82. The second-order valence-electron chi connectivity index (χ2n) is 7.17. The van der Waals surface area contributed by atoms with Crippen molar-refractivity contribution in [3.8, 4) is 11.4 Å². The van der Waals surface area contributed by atoms with Crippen LogP contribution in [0.15, 0.2) is 77.5 Å². The van der Waals surface area contributed by atoms with E-state index in [0.717, 1.165) is 28.8 Å². The van der Waals surface area contributed by atoms with Gasteiger partial charge >= 0.3 is 0 Å². The molecule has 0 radical (unpaired) electrons. The van der Waals surface area contributed by atoms with Gasteiger partial charge in [-0.15, -0.1) is 6.58 Å². The first-order valence-corrected chi connectivity index (χ1v) is 10.4. The molecular formula is C24H24N4OS. The molecule has 1 aliphatic heterocycles. The van der Waals surface area contributed by atoms with E-state index in [1.807, 2.05) is 48.2 Å². The van der Waals surface area contributed by atoms with Crippen LogP contribution >= 0.6 is 12.2 Å². The molecule has 2 aromatic carbocycles. The molecular weight excluding hydrogens is 392 g/mol. The summed E-state index contributed by atoms with van der Waals surface area (Å²) < 4.78 is 5.74. The van der Waals surface area contributed by atoms with Gasteiger partial charge in [0.25, 0.3) is 5.89 Å². The van der Waals surface area contributed by atoms with Crippen LogP contribution in [-0.2, 0) is 6.42 Å². The SMILES string of the molecule is C=CCN1C(=S)NC(c2ccccc2)C(c2nc(-c3ccc(CC)cc3)no2)=C1C. The molecule has 0 saturated carbocycles. The summed E-state index contributed by atoms with van der Waals surface area (Å²) in [7, 11) is 0. The van der Waals surface area contributed by atoms with Crippen LogP contribution in [0.3, 0.4) is 0 Å². The number of nitrogens with one attached hydrogen (secondary N) is 1. The smallest absolute Gasteiger partial charge is 0.258 e. The molecule has 0 spiro atoms. The standard InChI is InChI=1S/C24H24N4OS/c1-4-15-28-16(3)20(21(25-24(28)30)18-9-7-6-8-10-18)23-26-22(27-29-23)19-13-11-17(5-2)12-14-19/h4,6-14,21H,1,5,15H2,2-3H3,(H,25,30). The van der Waals surface area contributed by atoms with Crippen molar-refractivity contribution in [1.29, 1.82) is 0 Å². The number of benzene rings is 2. The molecule has 0 amide bonds. The minimum atomic E-state index is -0.171. The quantitative estimate of drug-likeness (QED) is 0.443. The summed E-state index contributed by atoms with van der Waals surface area (Å²) >= 11 is 5.62. The van der Waals surface area contributed by atoms with Crippen LogP contribution in [-0.4, -0.2) is 26.7 Å². The number of aryl methyl sites for hydroxylation is 1. The van der Waals surface area contributed by atoms with Crippen molar-refractivity contribution in [1.82, 2.24) is 20.4 Å². The van der Waals surface area contributed by atoms with Crippen molar-refractivity contribution in [2.45, 2.75) is 26.3 Å². The van der Waals surface area contributed by atoms with Crippen LogP contribution in [0.1, 0.15) is 36.9 Å². The molecule has 2 heterocycles. The second kappa shape index (κ2) is 8.63. The summed E-state index contributed by atoms with van der Waals surface area (Å²) in [6, 6.07) is 18.2. The Balaban J connectivity index is 1.78. The van der Waals surface area contributed by atoms with E-state index in [2.05, 4.69) is 48.2 Å². The molecule has 0 aliphatic carbocycles. The van der Waals surface area contributed by atoms with Crippen molar-refractivity contribution >= 4 is 22.9 Å². The Kier molecular flexibility index (Phi) is 5.77. The number of aromatic nitrogens is 2. The zero-order chi connectivity index (χ0) is 21.1. The van der Waals surface area contributed by atoms with E-state index in [9.17, 15) is 0 Å². The first kappa shape index (κ1) is 20.0. The average Bonchev–Trinajstić information content (AvgIpc) is 3.26. The molecule has 1 unspecified atom stereocenters. The zero-order valence-electron chi connectivity index (χ0n) is 17.1. The van der Waals surface area contributed by atoms with Crippen LogP contribution in [0.2, 0.25) is 0 Å². The highest BCUT2D eigenvalue weighted by molar-refractivity contribution is 7.80. The number of rotatable bonds is 6. The highest BCUT2D eigenvalue weighted by Gasteiger charge is 2.33. The third-order valence-electron chi connectivity index (χ3n) is 5.32. The first-order chi connectivity index (χ1) is 14.6. The normalized spacial score (nSPS) is 16.5. The third-order valence-corrected chi connectivity index (χ3v) is 5.66. The van der Waals surface area contributed by atoms with Crippen molar-refractivity contribution in [3.05, 3.63) is 90.0 Å². The van der Waals surface area contributed by atoms with Gasteiger partial charge in [0, 0.05) is 17.8 Å². The van der Waals surface area contributed by atoms with Gasteiger partial charge in [-0.3, -0.25) is 0 Å². The third kappa shape index (κ3) is 3.78. The molecule has 4 rings (SSSR count). The van der Waals surface area contributed by atoms with E-state index in [1.54, 1.807) is 0 Å². The molecule has 0 fully saturated rings. The number of hydrogen-bond donors (Lipinski definition) is 1. The Bertz CT molecular complexity index is 1090. The predicted molar refractivity (Wildman–Crippen MR) is 124 cm³/mol. The minimum absolute atomic E-state index is 0.171. The van der Waals surface area contributed by atoms with Gasteiger partial charge in [0.15, 0.2) is 5.11 Å². The van der Waals surface area contributed by atoms with Gasteiger partial charge in [-0.05, 0) is 36.7 Å². The summed E-state index contributed by atoms with van der Waals surface area (Å²) in [5.41, 5.74) is 5.18. The van der Waals surface area contributed by atoms with Crippen molar-refractivity contribution in [2.75, 3.05) is 6.54 Å². The summed E-state index contributed by atoms with van der Waals surface area (Å²) in [4.78, 5) is 6.73. The van der Waals surface area contributed by atoms with Gasteiger partial charge in [0.1, 0.15) is 0 Å². The molecule has 0 bridgehead atoms. The lowest BCUT2D eigenvalue weighted by Gasteiger charge is -2.36. The Hall–Kier alpha value is -3.25. The number of hydrogen-bond acceptors (Lipinski definition) is 4. The first-order valence-electron chi connectivity index (χ1n) is 10.0. The molecule has 6 heteroatoms. The molecule has 1 N–H and O–H groups in total. The van der Waals surface area contributed by atoms with Gasteiger partial charge in [0.2, 0.25) is 5.82 Å². The van der Waals surface area contributed by atoms with Crippen LogP contribution in [0, 0.1) is 0 Å². The Labute approximate surface area is 182 Å². The zero-order valence-corrected chi connectivity index (χ0v) is 17.9. The lowest BCUT2D eigenvalue weighted by atomic mass is 9.95. The molecule has 1 atom stereocenters. The highest BCUT2D eigenvalue weighted by atomic mass is 32.1. The fourth-order valence-corrected chi connectivity index (χ4v) is 3.97. The van der Waals surface area contributed by atoms with Crippen molar-refractivity contribution in [3.63, 3.8) is 0 Å². The van der Waals surface area contributed by atoms with Crippen LogP contribution < -0.4 is 5.32 Å². The van der Waals surface area contributed by atoms with E-state index in [0.29, 0.717) is 23.4 Å². The molecule has 0 saturated heterocycles. The molecule has 5 nitrogen and oxygen atoms in total. The fourth-order valence-electron chi connectivity index (χ4n) is 3.64. The summed E-state index contributed by atoms with van der Waals surface area (Å²) in [5, 5.41) is 8.34. The van der Waals surface area contributed by atoms with Crippen LogP contribution in [0.5, 0.6) is 0 Å². The summed E-state index contributed by atoms with van der Waals surface area (Å²) in [6.45, 7) is 8.62. The molecule has 152 valence electrons. The van der Waals surface area contributed by atoms with Crippen molar-refractivity contribution in [2.24, 2.45) is 0 Å². The number of thiocarbonyl (C=S) groups is 1. The van der Waals surface area contributed by atoms with Crippen LogP contribution in [0.25, 0.3) is 17.0 Å². The Morgan fingerprint density at radius 3 is 2.57 bits per heavy atom. The average molecular weight is 417 g/mol. The van der Waals surface area contributed by atoms with Gasteiger partial charge in [-0.25, -0.2) is 0 Å². The fraction of sp³-hybridized carbons (Fsp3) is 0.208. The monoisotopic (exact) mass is 416 g/mol. The Morgan fingerprint density at radius 2 is 1.90 bits per heavy atom. The highest BCUT2D eigenvalue weighted by Crippen LogP contribution is 2.37. The predicted octanol–water partition coefficient (Wildman–Crippen LogP) is 5.15. The van der Waals surface area contributed by atoms with E-state index in [-0.39, 0.29) is 6.04 Å². The van der Waals surface area contributed by atoms with Gasteiger partial charge < -0.3 is 14.7 Å². The van der Waals surface area contributed by atoms with Gasteiger partial charge in [-0.1, -0.05) is 72.8 Å². The Morgan fingerprint density at radius 1 is 1.17 bits per heavy atom. The molecule has 1 aliphatic rings.